The lowest BCUT2D eigenvalue weighted by molar-refractivity contribution is 0.0631. The van der Waals surface area contributed by atoms with Crippen LogP contribution in [0, 0.1) is 0 Å². The van der Waals surface area contributed by atoms with Crippen LogP contribution in [0.4, 0.5) is 0 Å². The summed E-state index contributed by atoms with van der Waals surface area (Å²) in [5.74, 6) is 2.60. The molecule has 1 aromatic heterocycles. The maximum Gasteiger partial charge on any atom is 0.257 e. The molecule has 0 N–H and O–H groups in total. The van der Waals surface area contributed by atoms with Gasteiger partial charge in [-0.1, -0.05) is 18.2 Å². The first-order chi connectivity index (χ1) is 12.3. The molecular weight excluding hydrogens is 332 g/mol. The van der Waals surface area contributed by atoms with Crippen molar-refractivity contribution in [3.8, 4) is 5.69 Å². The van der Waals surface area contributed by atoms with Gasteiger partial charge < -0.3 is 4.90 Å². The summed E-state index contributed by atoms with van der Waals surface area (Å²) in [5, 5.41) is 4.35. The largest absolute Gasteiger partial charge is 0.338 e. The molecule has 25 heavy (non-hydrogen) atoms. The van der Waals surface area contributed by atoms with E-state index in [4.69, 9.17) is 0 Å². The van der Waals surface area contributed by atoms with Gasteiger partial charge in [-0.15, -0.1) is 0 Å². The fraction of sp³-hybridized carbons (Fsp3) is 0.474. The van der Waals surface area contributed by atoms with Crippen LogP contribution < -0.4 is 0 Å². The van der Waals surface area contributed by atoms with Crippen LogP contribution in [0.15, 0.2) is 42.7 Å². The monoisotopic (exact) mass is 356 g/mol. The molecule has 1 amide bonds. The molecule has 0 aliphatic carbocycles. The molecule has 0 spiro atoms. The third kappa shape index (κ3) is 3.75. The summed E-state index contributed by atoms with van der Waals surface area (Å²) in [4.78, 5) is 17.4. The number of likely N-dealkylation sites (tertiary alicyclic amines) is 1. The molecule has 4 rings (SSSR count). The van der Waals surface area contributed by atoms with Crippen molar-refractivity contribution in [2.24, 2.45) is 0 Å². The molecule has 5 nitrogen and oxygen atoms in total. The average molecular weight is 356 g/mol. The van der Waals surface area contributed by atoms with Crippen molar-refractivity contribution < 1.29 is 4.79 Å². The number of hydrogen-bond donors (Lipinski definition) is 0. The minimum Gasteiger partial charge on any atom is -0.338 e. The molecule has 2 saturated heterocycles. The van der Waals surface area contributed by atoms with Gasteiger partial charge in [-0.05, 0) is 25.0 Å². The summed E-state index contributed by atoms with van der Waals surface area (Å²) in [6.45, 7) is 4.10. The van der Waals surface area contributed by atoms with Crippen LogP contribution in [-0.4, -0.2) is 69.2 Å². The van der Waals surface area contributed by atoms with E-state index in [1.54, 1.807) is 10.9 Å². The molecule has 0 radical (unpaired) electrons. The van der Waals surface area contributed by atoms with Gasteiger partial charge in [-0.2, -0.15) is 16.9 Å². The zero-order valence-corrected chi connectivity index (χ0v) is 15.2. The maximum absolute atomic E-state index is 12.8. The number of thioether (sulfide) groups is 1. The van der Waals surface area contributed by atoms with Gasteiger partial charge in [0.1, 0.15) is 0 Å². The number of rotatable bonds is 3. The van der Waals surface area contributed by atoms with Gasteiger partial charge in [0.05, 0.1) is 17.4 Å². The second-order valence-corrected chi connectivity index (χ2v) is 7.91. The van der Waals surface area contributed by atoms with E-state index in [2.05, 4.69) is 21.8 Å². The van der Waals surface area contributed by atoms with Crippen LogP contribution >= 0.6 is 11.8 Å². The van der Waals surface area contributed by atoms with Gasteiger partial charge in [0.15, 0.2) is 0 Å². The van der Waals surface area contributed by atoms with E-state index in [0.717, 1.165) is 31.6 Å². The Morgan fingerprint density at radius 2 is 1.76 bits per heavy atom. The van der Waals surface area contributed by atoms with E-state index in [0.29, 0.717) is 11.6 Å². The third-order valence-corrected chi connectivity index (χ3v) is 6.11. The second-order valence-electron chi connectivity index (χ2n) is 6.68. The van der Waals surface area contributed by atoms with Crippen molar-refractivity contribution in [3.05, 3.63) is 48.3 Å². The van der Waals surface area contributed by atoms with E-state index in [1.807, 2.05) is 41.4 Å². The zero-order valence-electron chi connectivity index (χ0n) is 14.4. The van der Waals surface area contributed by atoms with Gasteiger partial charge in [0.25, 0.3) is 5.91 Å². The Labute approximate surface area is 153 Å². The fourth-order valence-corrected chi connectivity index (χ4v) is 4.65. The summed E-state index contributed by atoms with van der Waals surface area (Å²) in [6, 6.07) is 10.6. The first-order valence-corrected chi connectivity index (χ1v) is 10.2. The summed E-state index contributed by atoms with van der Waals surface area (Å²) in [5.41, 5.74) is 1.65. The summed E-state index contributed by atoms with van der Waals surface area (Å²) < 4.78 is 1.77. The molecule has 1 aromatic carbocycles. The lowest BCUT2D eigenvalue weighted by Crippen LogP contribution is -2.49. The summed E-state index contributed by atoms with van der Waals surface area (Å²) in [6.07, 6.45) is 5.70. The second kappa shape index (κ2) is 7.62. The molecule has 132 valence electrons. The van der Waals surface area contributed by atoms with Crippen LogP contribution in [0.2, 0.25) is 0 Å². The molecule has 0 bridgehead atoms. The smallest absolute Gasteiger partial charge is 0.257 e. The topological polar surface area (TPSA) is 41.4 Å². The first-order valence-electron chi connectivity index (χ1n) is 9.02. The Balaban J connectivity index is 1.37. The Bertz CT molecular complexity index is 703. The lowest BCUT2D eigenvalue weighted by Gasteiger charge is -2.40. The highest BCUT2D eigenvalue weighted by atomic mass is 32.2. The number of para-hydroxylation sites is 1. The first kappa shape index (κ1) is 16.7. The molecular formula is C19H24N4OS. The van der Waals surface area contributed by atoms with Crippen LogP contribution in [-0.2, 0) is 0 Å². The molecule has 0 atom stereocenters. The van der Waals surface area contributed by atoms with E-state index < -0.39 is 0 Å². The van der Waals surface area contributed by atoms with Gasteiger partial charge in [-0.3, -0.25) is 9.69 Å². The fourth-order valence-electron chi connectivity index (χ4n) is 3.71. The van der Waals surface area contributed by atoms with Crippen molar-refractivity contribution in [1.29, 1.82) is 0 Å². The van der Waals surface area contributed by atoms with E-state index in [9.17, 15) is 4.79 Å². The Morgan fingerprint density at radius 1 is 1.04 bits per heavy atom. The maximum atomic E-state index is 12.8. The standard InChI is InChI=1S/C19H24N4OS/c24-19(16-14-20-23(15-16)18-4-2-1-3-5-18)22-8-6-17(7-9-22)21-10-12-25-13-11-21/h1-5,14-15,17H,6-13H2. The number of nitrogens with zero attached hydrogens (tertiary/aromatic N) is 4. The predicted octanol–water partition coefficient (Wildman–Crippen LogP) is 2.53. The van der Waals surface area contributed by atoms with Crippen molar-refractivity contribution in [2.75, 3.05) is 37.7 Å². The normalized spacial score (nSPS) is 19.9. The number of carbonyl (C=O) groups excluding carboxylic acids is 1. The van der Waals surface area contributed by atoms with E-state index >= 15 is 0 Å². The zero-order chi connectivity index (χ0) is 17.1. The highest BCUT2D eigenvalue weighted by Crippen LogP contribution is 2.21. The highest BCUT2D eigenvalue weighted by molar-refractivity contribution is 7.99. The van der Waals surface area contributed by atoms with Gasteiger partial charge in [-0.25, -0.2) is 4.68 Å². The average Bonchev–Trinajstić information content (AvgIpc) is 3.19. The van der Waals surface area contributed by atoms with E-state index in [1.165, 1.54) is 24.6 Å². The predicted molar refractivity (Wildman–Crippen MR) is 101 cm³/mol. The Hall–Kier alpha value is -1.79. The van der Waals surface area contributed by atoms with Crippen LogP contribution in [0.1, 0.15) is 23.2 Å². The quantitative estimate of drug-likeness (QED) is 0.847. The van der Waals surface area contributed by atoms with E-state index in [-0.39, 0.29) is 5.91 Å². The summed E-state index contributed by atoms with van der Waals surface area (Å²) >= 11 is 2.05. The molecule has 2 aliphatic rings. The number of hydrogen-bond acceptors (Lipinski definition) is 4. The van der Waals surface area contributed by atoms with Crippen molar-refractivity contribution in [2.45, 2.75) is 18.9 Å². The SMILES string of the molecule is O=C(c1cnn(-c2ccccc2)c1)N1CCC(N2CCSCC2)CC1. The number of amides is 1. The third-order valence-electron chi connectivity index (χ3n) is 5.16. The van der Waals surface area contributed by atoms with Crippen LogP contribution in [0.3, 0.4) is 0 Å². The van der Waals surface area contributed by atoms with Crippen molar-refractivity contribution in [3.63, 3.8) is 0 Å². The molecule has 0 saturated carbocycles. The molecule has 3 heterocycles. The molecule has 0 unspecified atom stereocenters. The molecule has 2 aromatic rings. The Kier molecular flexibility index (Phi) is 5.08. The number of benzene rings is 1. The van der Waals surface area contributed by atoms with Crippen LogP contribution in [0.5, 0.6) is 0 Å². The molecule has 2 fully saturated rings. The number of carbonyl (C=O) groups is 1. The highest BCUT2D eigenvalue weighted by Gasteiger charge is 2.28. The molecule has 2 aliphatic heterocycles. The van der Waals surface area contributed by atoms with Crippen molar-refractivity contribution >= 4 is 17.7 Å². The Morgan fingerprint density at radius 3 is 2.48 bits per heavy atom. The van der Waals surface area contributed by atoms with Gasteiger partial charge in [0.2, 0.25) is 0 Å². The number of aromatic nitrogens is 2. The molecule has 6 heteroatoms. The lowest BCUT2D eigenvalue weighted by atomic mass is 10.0. The summed E-state index contributed by atoms with van der Waals surface area (Å²) in [7, 11) is 0. The van der Waals surface area contributed by atoms with Crippen molar-refractivity contribution in [1.82, 2.24) is 19.6 Å². The van der Waals surface area contributed by atoms with Gasteiger partial charge >= 0.3 is 0 Å². The number of piperidine rings is 1. The minimum absolute atomic E-state index is 0.106. The minimum atomic E-state index is 0.106. The van der Waals surface area contributed by atoms with Crippen LogP contribution in [0.25, 0.3) is 5.69 Å². The van der Waals surface area contributed by atoms with Gasteiger partial charge in [0, 0.05) is 49.9 Å².